The van der Waals surface area contributed by atoms with E-state index in [0.717, 1.165) is 25.9 Å². The number of amides is 2. The molecule has 1 fully saturated rings. The first-order valence-electron chi connectivity index (χ1n) is 10.3. The minimum absolute atomic E-state index is 0.0640. The number of primary amides is 1. The average molecular weight is 420 g/mol. The summed E-state index contributed by atoms with van der Waals surface area (Å²) < 4.78 is 5.47. The van der Waals surface area contributed by atoms with Crippen molar-refractivity contribution in [2.45, 2.75) is 25.2 Å². The fourth-order valence-electron chi connectivity index (χ4n) is 3.60. The number of nitrogens with zero attached hydrogens (tertiary/aromatic N) is 4. The van der Waals surface area contributed by atoms with E-state index in [-0.39, 0.29) is 11.8 Å². The second-order valence-electron chi connectivity index (χ2n) is 7.53. The lowest BCUT2D eigenvalue weighted by molar-refractivity contribution is -0.116. The number of benzene rings is 1. The van der Waals surface area contributed by atoms with Crippen molar-refractivity contribution in [1.29, 1.82) is 0 Å². The van der Waals surface area contributed by atoms with Crippen LogP contribution in [0, 0.1) is 0 Å². The number of carbonyl (C=O) groups is 2. The third kappa shape index (κ3) is 5.32. The van der Waals surface area contributed by atoms with Gasteiger partial charge in [0.15, 0.2) is 0 Å². The molecule has 2 aromatic heterocycles. The summed E-state index contributed by atoms with van der Waals surface area (Å²) in [5.41, 5.74) is 6.98. The number of nitrogens with one attached hydrogen (secondary N) is 1. The molecule has 0 atom stereocenters. The van der Waals surface area contributed by atoms with Crippen LogP contribution in [0.25, 0.3) is 11.5 Å². The molecule has 3 aromatic rings. The highest BCUT2D eigenvalue weighted by Gasteiger charge is 2.25. The monoisotopic (exact) mass is 420 g/mol. The molecule has 1 saturated heterocycles. The third-order valence-electron chi connectivity index (χ3n) is 5.38. The average Bonchev–Trinajstić information content (AvgIpc) is 3.29. The molecule has 9 heteroatoms. The molecule has 3 N–H and O–H groups in total. The van der Waals surface area contributed by atoms with Crippen molar-refractivity contribution in [2.24, 2.45) is 5.73 Å². The summed E-state index contributed by atoms with van der Waals surface area (Å²) in [6.07, 6.45) is 3.91. The van der Waals surface area contributed by atoms with Gasteiger partial charge < -0.3 is 20.5 Å². The summed E-state index contributed by atoms with van der Waals surface area (Å²) in [5, 5.41) is 6.90. The summed E-state index contributed by atoms with van der Waals surface area (Å²) in [6, 6.07) is 12.1. The zero-order chi connectivity index (χ0) is 21.6. The number of nitrogens with two attached hydrogens (primary N) is 1. The maximum Gasteiger partial charge on any atom is 0.248 e. The Morgan fingerprint density at radius 3 is 2.58 bits per heavy atom. The van der Waals surface area contributed by atoms with E-state index in [1.54, 1.807) is 30.5 Å². The van der Waals surface area contributed by atoms with Gasteiger partial charge in [-0.2, -0.15) is 4.98 Å². The molecule has 2 amide bonds. The van der Waals surface area contributed by atoms with E-state index in [0.29, 0.717) is 41.6 Å². The van der Waals surface area contributed by atoms with Gasteiger partial charge in [-0.05, 0) is 62.3 Å². The Bertz CT molecular complexity index is 1030. The second kappa shape index (κ2) is 9.48. The Morgan fingerprint density at radius 1 is 1.13 bits per heavy atom. The maximum atomic E-state index is 12.2. The van der Waals surface area contributed by atoms with Crippen molar-refractivity contribution in [1.82, 2.24) is 20.0 Å². The van der Waals surface area contributed by atoms with Gasteiger partial charge in [0.1, 0.15) is 5.69 Å². The predicted molar refractivity (Wildman–Crippen MR) is 114 cm³/mol. The van der Waals surface area contributed by atoms with Crippen LogP contribution < -0.4 is 11.1 Å². The summed E-state index contributed by atoms with van der Waals surface area (Å²) in [5.74, 6) is 0.829. The molecule has 0 radical (unpaired) electrons. The molecule has 31 heavy (non-hydrogen) atoms. The van der Waals surface area contributed by atoms with Crippen molar-refractivity contribution in [3.8, 4) is 11.5 Å². The minimum atomic E-state index is -0.491. The van der Waals surface area contributed by atoms with E-state index in [4.69, 9.17) is 10.3 Å². The van der Waals surface area contributed by atoms with Crippen LogP contribution in [-0.4, -0.2) is 51.5 Å². The zero-order valence-corrected chi connectivity index (χ0v) is 17.0. The van der Waals surface area contributed by atoms with Crippen LogP contribution in [0.2, 0.25) is 0 Å². The molecule has 0 unspecified atom stereocenters. The van der Waals surface area contributed by atoms with Crippen LogP contribution in [0.1, 0.15) is 41.4 Å². The largest absolute Gasteiger partial charge is 0.366 e. The lowest BCUT2D eigenvalue weighted by Crippen LogP contribution is -2.35. The number of aromatic nitrogens is 3. The molecule has 0 aliphatic carbocycles. The van der Waals surface area contributed by atoms with Gasteiger partial charge in [0, 0.05) is 36.3 Å². The number of hydrogen-bond acceptors (Lipinski definition) is 7. The van der Waals surface area contributed by atoms with E-state index >= 15 is 0 Å². The topological polar surface area (TPSA) is 127 Å². The highest BCUT2D eigenvalue weighted by Crippen LogP contribution is 2.28. The van der Waals surface area contributed by atoms with Crippen LogP contribution >= 0.6 is 0 Å². The SMILES string of the molecule is NC(=O)c1ccc(NC(=O)CCN2CCC(c3nc(-c4ccccn4)no3)CC2)cc1. The Kier molecular flexibility index (Phi) is 6.32. The quantitative estimate of drug-likeness (QED) is 0.601. The third-order valence-corrected chi connectivity index (χ3v) is 5.38. The zero-order valence-electron chi connectivity index (χ0n) is 17.0. The molecule has 9 nitrogen and oxygen atoms in total. The Hall–Kier alpha value is -3.59. The Balaban J connectivity index is 1.22. The fraction of sp³-hybridized carbons (Fsp3) is 0.318. The standard InChI is InChI=1S/C22H24N6O3/c23-20(30)15-4-6-17(7-5-15)25-19(29)10-14-28-12-8-16(9-13-28)22-26-21(27-31-22)18-3-1-2-11-24-18/h1-7,11,16H,8-10,12-14H2,(H2,23,30)(H,25,29). The number of pyridine rings is 1. The molecule has 3 heterocycles. The Morgan fingerprint density at radius 2 is 1.90 bits per heavy atom. The lowest BCUT2D eigenvalue weighted by atomic mass is 9.96. The first-order chi connectivity index (χ1) is 15.1. The van der Waals surface area contributed by atoms with Crippen LogP contribution in [0.4, 0.5) is 5.69 Å². The van der Waals surface area contributed by atoms with Gasteiger partial charge in [-0.1, -0.05) is 11.2 Å². The number of hydrogen-bond donors (Lipinski definition) is 2. The molecule has 1 aliphatic rings. The van der Waals surface area contributed by atoms with E-state index < -0.39 is 5.91 Å². The van der Waals surface area contributed by atoms with Crippen LogP contribution in [-0.2, 0) is 4.79 Å². The molecule has 0 saturated carbocycles. The van der Waals surface area contributed by atoms with Crippen molar-refractivity contribution >= 4 is 17.5 Å². The van der Waals surface area contributed by atoms with Gasteiger partial charge in [0.2, 0.25) is 23.5 Å². The normalized spacial score (nSPS) is 15.0. The predicted octanol–water partition coefficient (Wildman–Crippen LogP) is 2.44. The van der Waals surface area contributed by atoms with E-state index in [9.17, 15) is 9.59 Å². The molecule has 0 spiro atoms. The van der Waals surface area contributed by atoms with E-state index in [1.165, 1.54) is 0 Å². The molecule has 4 rings (SSSR count). The maximum absolute atomic E-state index is 12.2. The van der Waals surface area contributed by atoms with Crippen LogP contribution in [0.3, 0.4) is 0 Å². The van der Waals surface area contributed by atoms with Gasteiger partial charge in [-0.15, -0.1) is 0 Å². The molecule has 0 bridgehead atoms. The fourth-order valence-corrected chi connectivity index (χ4v) is 3.60. The van der Waals surface area contributed by atoms with Crippen molar-refractivity contribution in [2.75, 3.05) is 25.0 Å². The van der Waals surface area contributed by atoms with Crippen LogP contribution in [0.5, 0.6) is 0 Å². The van der Waals surface area contributed by atoms with Crippen molar-refractivity contribution < 1.29 is 14.1 Å². The van der Waals surface area contributed by atoms with Gasteiger partial charge in [0.25, 0.3) is 0 Å². The number of likely N-dealkylation sites (tertiary alicyclic amines) is 1. The first kappa shape index (κ1) is 20.7. The number of piperidine rings is 1. The first-order valence-corrected chi connectivity index (χ1v) is 10.3. The number of carbonyl (C=O) groups excluding carboxylic acids is 2. The van der Waals surface area contributed by atoms with Gasteiger partial charge in [-0.3, -0.25) is 14.6 Å². The second-order valence-corrected chi connectivity index (χ2v) is 7.53. The highest BCUT2D eigenvalue weighted by atomic mass is 16.5. The lowest BCUT2D eigenvalue weighted by Gasteiger charge is -2.30. The summed E-state index contributed by atoms with van der Waals surface area (Å²) >= 11 is 0. The summed E-state index contributed by atoms with van der Waals surface area (Å²) in [4.78, 5) is 34.4. The molecule has 1 aromatic carbocycles. The van der Waals surface area contributed by atoms with E-state index in [2.05, 4.69) is 25.3 Å². The highest BCUT2D eigenvalue weighted by molar-refractivity contribution is 5.94. The minimum Gasteiger partial charge on any atom is -0.366 e. The van der Waals surface area contributed by atoms with Gasteiger partial charge in [0.05, 0.1) is 0 Å². The molecule has 1 aliphatic heterocycles. The van der Waals surface area contributed by atoms with Gasteiger partial charge in [-0.25, -0.2) is 0 Å². The molecular weight excluding hydrogens is 396 g/mol. The van der Waals surface area contributed by atoms with E-state index in [1.807, 2.05) is 18.2 Å². The summed E-state index contributed by atoms with van der Waals surface area (Å²) in [7, 11) is 0. The molecule has 160 valence electrons. The number of rotatable bonds is 7. The van der Waals surface area contributed by atoms with Crippen molar-refractivity contribution in [3.63, 3.8) is 0 Å². The van der Waals surface area contributed by atoms with Crippen molar-refractivity contribution in [3.05, 3.63) is 60.1 Å². The van der Waals surface area contributed by atoms with Gasteiger partial charge >= 0.3 is 0 Å². The van der Waals surface area contributed by atoms with Crippen LogP contribution in [0.15, 0.2) is 53.2 Å². The summed E-state index contributed by atoms with van der Waals surface area (Å²) in [6.45, 7) is 2.42. The smallest absolute Gasteiger partial charge is 0.248 e. The number of anilines is 1. The molecular formula is C22H24N6O3. The Labute approximate surface area is 179 Å².